The molecule has 0 saturated heterocycles. The standard InChI is InChI=1S/C63H69N3O9/c1-2-36-72-63-59(65(60(69)33-26-43-14-3-4-15-43)41-49-21-13-20-46-17-7-8-22-53(46)49)40-57(64-73-42-44-24-28-50(29-25-44)66(70)71)55-38-48(19-9-11-34-67)54(23-10-12-35-68)61(62(55)63)56-39-52(31-32-58(56)75-63)74-51-30-27-45-16-5-6-18-47(45)37-51/h2,5-8,13,16-18,20-22,24-25,27-32,37-39,43,48,54,59,61-62,67-68H,1,3-4,9-12,14-15,19,23,26,33-36,40-42H2. The predicted octanol–water partition coefficient (Wildman–Crippen LogP) is 13.5. The molecule has 390 valence electrons. The van der Waals surface area contributed by atoms with Crippen molar-refractivity contribution in [1.82, 2.24) is 4.90 Å². The molecule has 6 unspecified atom stereocenters. The lowest BCUT2D eigenvalue weighted by atomic mass is 9.55. The van der Waals surface area contributed by atoms with Crippen LogP contribution in [0.3, 0.4) is 0 Å². The quantitative estimate of drug-likeness (QED) is 0.0276. The summed E-state index contributed by atoms with van der Waals surface area (Å²) in [6.07, 6.45) is 14.6. The molecular formula is C63H69N3O9. The van der Waals surface area contributed by atoms with Gasteiger partial charge in [0.25, 0.3) is 5.69 Å². The van der Waals surface area contributed by atoms with E-state index in [0.717, 1.165) is 88.8 Å². The fraction of sp³-hybridized carbons (Fsp3) is 0.397. The van der Waals surface area contributed by atoms with Crippen molar-refractivity contribution in [2.45, 2.75) is 114 Å². The fourth-order valence-corrected chi connectivity index (χ4v) is 12.7. The summed E-state index contributed by atoms with van der Waals surface area (Å²) in [5.74, 6) is 0.321. The Balaban J connectivity index is 1.16. The highest BCUT2D eigenvalue weighted by molar-refractivity contribution is 6.03. The number of ether oxygens (including phenoxy) is 3. The van der Waals surface area contributed by atoms with Gasteiger partial charge in [0.15, 0.2) is 0 Å². The first-order valence-corrected chi connectivity index (χ1v) is 27.1. The van der Waals surface area contributed by atoms with Crippen molar-refractivity contribution in [2.24, 2.45) is 28.8 Å². The van der Waals surface area contributed by atoms with Gasteiger partial charge in [0.05, 0.1) is 23.2 Å². The molecule has 12 nitrogen and oxygen atoms in total. The number of nitrogens with zero attached hydrogens (tertiary/aromatic N) is 3. The second-order valence-corrected chi connectivity index (χ2v) is 20.9. The molecule has 0 aromatic heterocycles. The van der Waals surface area contributed by atoms with E-state index < -0.39 is 22.7 Å². The number of carbonyl (C=O) groups is 1. The van der Waals surface area contributed by atoms with Crippen molar-refractivity contribution in [3.8, 4) is 17.2 Å². The lowest BCUT2D eigenvalue weighted by Gasteiger charge is -2.60. The van der Waals surface area contributed by atoms with Crippen molar-refractivity contribution >= 4 is 38.9 Å². The molecule has 1 heterocycles. The van der Waals surface area contributed by atoms with Crippen LogP contribution in [0, 0.1) is 33.8 Å². The van der Waals surface area contributed by atoms with E-state index in [1.54, 1.807) is 18.2 Å². The Morgan fingerprint density at radius 3 is 2.32 bits per heavy atom. The maximum Gasteiger partial charge on any atom is 0.269 e. The maximum absolute atomic E-state index is 15.6. The molecular weight excluding hydrogens is 943 g/mol. The summed E-state index contributed by atoms with van der Waals surface area (Å²) in [7, 11) is 0. The van der Waals surface area contributed by atoms with Gasteiger partial charge in [0, 0.05) is 56.2 Å². The summed E-state index contributed by atoms with van der Waals surface area (Å²) in [6, 6.07) is 40.5. The first kappa shape index (κ1) is 51.6. The number of nitro groups is 1. The normalized spacial score (nSPS) is 22.5. The summed E-state index contributed by atoms with van der Waals surface area (Å²) in [6.45, 7) is 4.80. The van der Waals surface area contributed by atoms with Gasteiger partial charge >= 0.3 is 0 Å². The molecule has 12 heteroatoms. The van der Waals surface area contributed by atoms with Crippen LogP contribution in [0.5, 0.6) is 17.2 Å². The van der Waals surface area contributed by atoms with Crippen molar-refractivity contribution in [2.75, 3.05) is 19.8 Å². The van der Waals surface area contributed by atoms with Crippen LogP contribution in [-0.4, -0.2) is 63.3 Å². The van der Waals surface area contributed by atoms with Crippen molar-refractivity contribution in [1.29, 1.82) is 0 Å². The fourth-order valence-electron chi connectivity index (χ4n) is 12.7. The molecule has 2 saturated carbocycles. The first-order chi connectivity index (χ1) is 36.8. The second-order valence-electron chi connectivity index (χ2n) is 20.9. The van der Waals surface area contributed by atoms with E-state index in [4.69, 9.17) is 24.2 Å². The molecule has 6 aromatic rings. The van der Waals surface area contributed by atoms with Gasteiger partial charge in [-0.25, -0.2) is 0 Å². The number of allylic oxidation sites excluding steroid dienone is 1. The van der Waals surface area contributed by atoms with Gasteiger partial charge in [-0.3, -0.25) is 14.9 Å². The molecule has 6 atom stereocenters. The molecule has 75 heavy (non-hydrogen) atoms. The highest BCUT2D eigenvalue weighted by Gasteiger charge is 2.65. The summed E-state index contributed by atoms with van der Waals surface area (Å²) in [4.78, 5) is 35.1. The van der Waals surface area contributed by atoms with E-state index in [-0.39, 0.29) is 62.2 Å². The lowest BCUT2D eigenvalue weighted by molar-refractivity contribution is -0.384. The first-order valence-electron chi connectivity index (χ1n) is 27.1. The summed E-state index contributed by atoms with van der Waals surface area (Å²) in [5.41, 5.74) is 4.28. The number of oxime groups is 1. The van der Waals surface area contributed by atoms with E-state index in [1.807, 2.05) is 47.4 Å². The van der Waals surface area contributed by atoms with Gasteiger partial charge in [-0.2, -0.15) is 0 Å². The monoisotopic (exact) mass is 1010 g/mol. The van der Waals surface area contributed by atoms with Crippen LogP contribution in [-0.2, 0) is 27.5 Å². The van der Waals surface area contributed by atoms with Crippen molar-refractivity contribution in [3.05, 3.63) is 179 Å². The van der Waals surface area contributed by atoms with Gasteiger partial charge in [0.2, 0.25) is 11.7 Å². The van der Waals surface area contributed by atoms with Crippen LogP contribution in [0.25, 0.3) is 21.5 Å². The van der Waals surface area contributed by atoms with E-state index >= 15 is 4.79 Å². The third-order valence-corrected chi connectivity index (χ3v) is 16.3. The lowest BCUT2D eigenvalue weighted by Crippen LogP contribution is -2.70. The van der Waals surface area contributed by atoms with E-state index in [9.17, 15) is 20.3 Å². The second kappa shape index (κ2) is 23.8. The van der Waals surface area contributed by atoms with Gasteiger partial charge in [-0.05, 0) is 131 Å². The SMILES string of the molecule is C=CCOC12Oc3ccc(Oc4ccc5ccccc5c4)cc3C3C(CCCCO)C(CCCCO)C=C(C(=NOCc4ccc([N+](=O)[O-])cc4)CC1N(Cc1cccc4ccccc14)C(=O)CCC1CCCC1)C32. The molecule has 6 aromatic carbocycles. The van der Waals surface area contributed by atoms with Crippen LogP contribution in [0.4, 0.5) is 5.69 Å². The molecule has 10 rings (SSSR count). The minimum absolute atomic E-state index is 0.0116. The molecule has 0 radical (unpaired) electrons. The number of unbranched alkanes of at least 4 members (excludes halogenated alkanes) is 2. The number of hydrogen-bond acceptors (Lipinski definition) is 10. The number of benzene rings is 6. The third-order valence-electron chi connectivity index (χ3n) is 16.3. The van der Waals surface area contributed by atoms with Gasteiger partial charge in [-0.1, -0.05) is 129 Å². The number of non-ortho nitro benzene ring substituents is 1. The van der Waals surface area contributed by atoms with Gasteiger partial charge in [-0.15, -0.1) is 6.58 Å². The van der Waals surface area contributed by atoms with E-state index in [1.165, 1.54) is 25.0 Å². The third kappa shape index (κ3) is 11.2. The van der Waals surface area contributed by atoms with Crippen LogP contribution >= 0.6 is 0 Å². The van der Waals surface area contributed by atoms with Crippen LogP contribution in [0.2, 0.25) is 0 Å². The topological polar surface area (TPSA) is 153 Å². The zero-order valence-corrected chi connectivity index (χ0v) is 42.8. The smallest absolute Gasteiger partial charge is 0.269 e. The van der Waals surface area contributed by atoms with Crippen molar-refractivity contribution in [3.63, 3.8) is 0 Å². The molecule has 0 spiro atoms. The Morgan fingerprint density at radius 1 is 0.827 bits per heavy atom. The van der Waals surface area contributed by atoms with Crippen molar-refractivity contribution < 1.29 is 39.0 Å². The van der Waals surface area contributed by atoms with Crippen LogP contribution < -0.4 is 9.47 Å². The van der Waals surface area contributed by atoms with Gasteiger partial charge < -0.3 is 34.2 Å². The Bertz CT molecular complexity index is 3030. The molecule has 2 N–H and O–H groups in total. The minimum atomic E-state index is -1.45. The Labute approximate surface area is 439 Å². The molecule has 2 fully saturated rings. The van der Waals surface area contributed by atoms with E-state index in [2.05, 4.69) is 73.3 Å². The zero-order valence-electron chi connectivity index (χ0n) is 42.8. The van der Waals surface area contributed by atoms with Crippen LogP contribution in [0.15, 0.2) is 157 Å². The number of carbonyl (C=O) groups excluding carboxylic acids is 1. The van der Waals surface area contributed by atoms with E-state index in [0.29, 0.717) is 54.7 Å². The minimum Gasteiger partial charge on any atom is -0.459 e. The average molecular weight is 1010 g/mol. The number of amides is 1. The number of fused-ring (bicyclic) bond motifs is 4. The summed E-state index contributed by atoms with van der Waals surface area (Å²) < 4.78 is 21.8. The molecule has 1 amide bonds. The van der Waals surface area contributed by atoms with Gasteiger partial charge in [0.1, 0.15) is 29.9 Å². The number of aliphatic hydroxyl groups excluding tert-OH is 2. The van der Waals surface area contributed by atoms with Crippen LogP contribution in [0.1, 0.15) is 106 Å². The Morgan fingerprint density at radius 2 is 1.55 bits per heavy atom. The highest BCUT2D eigenvalue weighted by Crippen LogP contribution is 2.62. The maximum atomic E-state index is 15.6. The predicted molar refractivity (Wildman–Crippen MR) is 293 cm³/mol. The molecule has 4 aliphatic rings. The zero-order chi connectivity index (χ0) is 51.7. The Kier molecular flexibility index (Phi) is 16.4. The molecule has 0 bridgehead atoms. The number of rotatable bonds is 23. The highest BCUT2D eigenvalue weighted by atomic mass is 16.7. The largest absolute Gasteiger partial charge is 0.459 e. The molecule has 3 aliphatic carbocycles. The average Bonchev–Trinajstić information content (AvgIpc) is 3.99. The molecule has 1 aliphatic heterocycles. The number of nitro benzene ring substituents is 1. The summed E-state index contributed by atoms with van der Waals surface area (Å²) >= 11 is 0. The Hall–Kier alpha value is -6.86. The summed E-state index contributed by atoms with van der Waals surface area (Å²) in [5, 5.41) is 41.2. The number of aliphatic hydroxyl groups is 2. The number of hydrogen-bond donors (Lipinski definition) is 2.